The zero-order valence-electron chi connectivity index (χ0n) is 16.5. The minimum atomic E-state index is -4.01. The van der Waals surface area contributed by atoms with E-state index in [9.17, 15) is 19.2 Å². The lowest BCUT2D eigenvalue weighted by Crippen LogP contribution is -3.00. The molecule has 0 aromatic rings. The number of halogens is 2. The fourth-order valence-corrected chi connectivity index (χ4v) is 6.30. The van der Waals surface area contributed by atoms with Gasteiger partial charge in [-0.2, -0.15) is 0 Å². The molecule has 156 valence electrons. The van der Waals surface area contributed by atoms with Crippen molar-refractivity contribution in [3.8, 4) is 0 Å². The van der Waals surface area contributed by atoms with Crippen molar-refractivity contribution in [2.24, 2.45) is 0 Å². The Kier molecular flexibility index (Phi) is 14.9. The maximum atomic E-state index is 10.0. The van der Waals surface area contributed by atoms with Crippen LogP contribution in [-0.2, 0) is 4.12 Å². The van der Waals surface area contributed by atoms with E-state index in [2.05, 4.69) is 42.0 Å². The van der Waals surface area contributed by atoms with Crippen LogP contribution >= 0.6 is 0 Å². The Morgan fingerprint density at radius 3 is 1.20 bits per heavy atom. The van der Waals surface area contributed by atoms with Gasteiger partial charge in [0.05, 0.1) is 54.4 Å². The number of nitrogens with zero attached hydrogens (tertiary/aromatic N) is 2. The molecule has 0 heterocycles. The highest BCUT2D eigenvalue weighted by atomic mass is 35.5. The van der Waals surface area contributed by atoms with Gasteiger partial charge in [0, 0.05) is 24.9 Å². The van der Waals surface area contributed by atoms with Crippen molar-refractivity contribution in [2.45, 2.75) is 38.8 Å². The third kappa shape index (κ3) is 15.5. The first-order valence-electron chi connectivity index (χ1n) is 8.48. The van der Waals surface area contributed by atoms with E-state index in [1.54, 1.807) is 0 Å². The molecule has 0 unspecified atom stereocenters. The standard InChI is InChI=1S/C14H38N2O5Si2.2ClH/c1-7-15(3,4)11-9-13-22(17,18)21-23(19,20)14-10-12-16(5,6)8-2;;/h17-20H,7-14H2,1-6H3;2*1H/q+2;;/p-2. The molecule has 0 aliphatic heterocycles. The molecule has 0 aliphatic rings. The van der Waals surface area contributed by atoms with Crippen molar-refractivity contribution in [1.29, 1.82) is 0 Å². The number of quaternary nitrogens is 2. The van der Waals surface area contributed by atoms with E-state index >= 15 is 0 Å². The third-order valence-corrected chi connectivity index (χ3v) is 9.20. The lowest BCUT2D eigenvalue weighted by atomic mass is 10.4. The SMILES string of the molecule is CC[N+](C)(C)CCC[Si](O)(O)O[Si](O)(O)CCC[N+](C)(C)CC.[Cl-].[Cl-]. The first kappa shape index (κ1) is 30.5. The lowest BCUT2D eigenvalue weighted by Gasteiger charge is -2.31. The highest BCUT2D eigenvalue weighted by Crippen LogP contribution is 2.18. The van der Waals surface area contributed by atoms with Crippen molar-refractivity contribution >= 4 is 17.6 Å². The Labute approximate surface area is 168 Å². The van der Waals surface area contributed by atoms with Gasteiger partial charge in [-0.05, 0) is 13.8 Å². The van der Waals surface area contributed by atoms with E-state index < -0.39 is 17.6 Å². The van der Waals surface area contributed by atoms with Crippen LogP contribution in [0.2, 0.25) is 12.1 Å². The zero-order valence-corrected chi connectivity index (χ0v) is 20.0. The molecule has 11 heteroatoms. The summed E-state index contributed by atoms with van der Waals surface area (Å²) in [6.07, 6.45) is 1.18. The van der Waals surface area contributed by atoms with Gasteiger partial charge >= 0.3 is 17.6 Å². The van der Waals surface area contributed by atoms with Gasteiger partial charge in [-0.25, -0.2) is 0 Å². The monoisotopic (exact) mass is 440 g/mol. The molecule has 0 spiro atoms. The van der Waals surface area contributed by atoms with Crippen molar-refractivity contribution in [3.05, 3.63) is 0 Å². The average Bonchev–Trinajstić information content (AvgIpc) is 2.36. The molecule has 0 fully saturated rings. The van der Waals surface area contributed by atoms with E-state index in [4.69, 9.17) is 4.12 Å². The van der Waals surface area contributed by atoms with Crippen LogP contribution in [0.4, 0.5) is 0 Å². The molecule has 0 aromatic heterocycles. The van der Waals surface area contributed by atoms with Crippen molar-refractivity contribution in [3.63, 3.8) is 0 Å². The highest BCUT2D eigenvalue weighted by Gasteiger charge is 2.45. The van der Waals surface area contributed by atoms with Gasteiger partial charge in [-0.15, -0.1) is 0 Å². The van der Waals surface area contributed by atoms with Gasteiger partial charge in [-0.1, -0.05) is 0 Å². The molecule has 0 atom stereocenters. The molecule has 0 aromatic carbocycles. The average molecular weight is 442 g/mol. The molecule has 0 bridgehead atoms. The summed E-state index contributed by atoms with van der Waals surface area (Å²) < 4.78 is 6.58. The van der Waals surface area contributed by atoms with Crippen molar-refractivity contribution in [1.82, 2.24) is 0 Å². The Morgan fingerprint density at radius 2 is 0.960 bits per heavy atom. The summed E-state index contributed by atoms with van der Waals surface area (Å²) in [5.41, 5.74) is 0. The molecule has 0 amide bonds. The topological polar surface area (TPSA) is 90.2 Å². The smallest absolute Gasteiger partial charge is 0.488 e. The van der Waals surface area contributed by atoms with Crippen LogP contribution in [0.5, 0.6) is 0 Å². The quantitative estimate of drug-likeness (QED) is 0.179. The highest BCUT2D eigenvalue weighted by molar-refractivity contribution is 6.72. The summed E-state index contributed by atoms with van der Waals surface area (Å²) in [5.74, 6) is 0. The first-order chi connectivity index (χ1) is 10.2. The van der Waals surface area contributed by atoms with E-state index in [1.165, 1.54) is 0 Å². The normalized spacial score (nSPS) is 13.2. The van der Waals surface area contributed by atoms with Crippen molar-refractivity contribution < 1.29 is 57.1 Å². The summed E-state index contributed by atoms with van der Waals surface area (Å²) in [6.45, 7) is 7.66. The molecular formula is C14H38Cl2N2O5Si2. The molecule has 25 heavy (non-hydrogen) atoms. The zero-order chi connectivity index (χ0) is 18.4. The summed E-state index contributed by atoms with van der Waals surface area (Å²) >= 11 is 0. The molecule has 7 nitrogen and oxygen atoms in total. The van der Waals surface area contributed by atoms with Crippen LogP contribution in [-0.4, -0.2) is 100 Å². The molecule has 0 radical (unpaired) electrons. The fraction of sp³-hybridized carbons (Fsp3) is 1.00. The number of rotatable bonds is 12. The summed E-state index contributed by atoms with van der Waals surface area (Å²) in [4.78, 5) is 40.0. The van der Waals surface area contributed by atoms with Crippen LogP contribution in [0.15, 0.2) is 0 Å². The maximum Gasteiger partial charge on any atom is 0.488 e. The fourth-order valence-electron chi connectivity index (χ4n) is 2.15. The second-order valence-electron chi connectivity index (χ2n) is 7.75. The van der Waals surface area contributed by atoms with Crippen LogP contribution in [0, 0.1) is 0 Å². The van der Waals surface area contributed by atoms with Crippen LogP contribution in [0.1, 0.15) is 26.7 Å². The van der Waals surface area contributed by atoms with Crippen molar-refractivity contribution in [2.75, 3.05) is 54.4 Å². The first-order valence-corrected chi connectivity index (χ1v) is 12.5. The largest absolute Gasteiger partial charge is 1.00 e. The predicted molar refractivity (Wildman–Crippen MR) is 95.3 cm³/mol. The Balaban J connectivity index is -0.00000242. The predicted octanol–water partition coefficient (Wildman–Crippen LogP) is -6.17. The van der Waals surface area contributed by atoms with Gasteiger partial charge < -0.3 is 57.1 Å². The van der Waals surface area contributed by atoms with Gasteiger partial charge in [0.1, 0.15) is 0 Å². The minimum Gasteiger partial charge on any atom is -1.00 e. The molecule has 0 rings (SSSR count). The Morgan fingerprint density at radius 1 is 0.680 bits per heavy atom. The van der Waals surface area contributed by atoms with Crippen LogP contribution < -0.4 is 24.8 Å². The second-order valence-corrected chi connectivity index (χ2v) is 12.5. The maximum absolute atomic E-state index is 10.0. The van der Waals surface area contributed by atoms with E-state index in [0.29, 0.717) is 12.8 Å². The van der Waals surface area contributed by atoms with E-state index in [0.717, 1.165) is 35.1 Å². The number of hydrogen-bond donors (Lipinski definition) is 4. The Hall–Kier alpha value is 0.734. The van der Waals surface area contributed by atoms with Gasteiger partial charge in [0.2, 0.25) is 0 Å². The summed E-state index contributed by atoms with van der Waals surface area (Å²) in [7, 11) is 0.275. The second kappa shape index (κ2) is 12.2. The van der Waals surface area contributed by atoms with Gasteiger partial charge in [-0.3, -0.25) is 0 Å². The van der Waals surface area contributed by atoms with Gasteiger partial charge in [0.25, 0.3) is 0 Å². The van der Waals surface area contributed by atoms with E-state index in [-0.39, 0.29) is 36.9 Å². The van der Waals surface area contributed by atoms with Crippen LogP contribution in [0.3, 0.4) is 0 Å². The molecule has 0 aliphatic carbocycles. The van der Waals surface area contributed by atoms with Gasteiger partial charge in [0.15, 0.2) is 0 Å². The minimum absolute atomic E-state index is 0. The Bertz CT molecular complexity index is 330. The summed E-state index contributed by atoms with van der Waals surface area (Å²) in [5, 5.41) is 0. The summed E-state index contributed by atoms with van der Waals surface area (Å²) in [6, 6.07) is 0.197. The van der Waals surface area contributed by atoms with Crippen LogP contribution in [0.25, 0.3) is 0 Å². The lowest BCUT2D eigenvalue weighted by molar-refractivity contribution is -0.888. The molecule has 4 N–H and O–H groups in total. The molecule has 0 saturated heterocycles. The molecule has 0 saturated carbocycles. The van der Waals surface area contributed by atoms with E-state index in [1.807, 2.05) is 0 Å². The molecular weight excluding hydrogens is 403 g/mol. The third-order valence-electron chi connectivity index (χ3n) is 4.57. The number of hydrogen-bond acceptors (Lipinski definition) is 5.